The van der Waals surface area contributed by atoms with Crippen molar-refractivity contribution >= 4 is 56.2 Å². The molecule has 1 aromatic carbocycles. The summed E-state index contributed by atoms with van der Waals surface area (Å²) in [4.78, 5) is 46.9. The molecular formula is C35H42BrN7O3. The van der Waals surface area contributed by atoms with Gasteiger partial charge in [0.05, 0.1) is 29.7 Å². The first kappa shape index (κ1) is 32.0. The van der Waals surface area contributed by atoms with Crippen LogP contribution < -0.4 is 15.4 Å². The summed E-state index contributed by atoms with van der Waals surface area (Å²) >= 11 is 3.80. The number of benzene rings is 1. The summed E-state index contributed by atoms with van der Waals surface area (Å²) in [6, 6.07) is 13.6. The summed E-state index contributed by atoms with van der Waals surface area (Å²) in [5.41, 5.74) is 2.93. The third-order valence-electron chi connectivity index (χ3n) is 8.81. The molecule has 0 N–H and O–H groups in total. The lowest BCUT2D eigenvalue weighted by Gasteiger charge is -2.45. The Balaban J connectivity index is 1.35. The van der Waals surface area contributed by atoms with E-state index < -0.39 is 5.60 Å². The highest BCUT2D eigenvalue weighted by molar-refractivity contribution is 9.10. The predicted octanol–water partition coefficient (Wildman–Crippen LogP) is 7.68. The van der Waals surface area contributed by atoms with E-state index >= 15 is 0 Å². The van der Waals surface area contributed by atoms with E-state index in [1.165, 1.54) is 0 Å². The molecule has 2 atom stereocenters. The minimum Gasteiger partial charge on any atom is -0.444 e. The summed E-state index contributed by atoms with van der Waals surface area (Å²) in [7, 11) is 0. The molecule has 10 nitrogen and oxygen atoms in total. The average molecular weight is 689 g/mol. The molecule has 11 heteroatoms. The molecule has 0 bridgehead atoms. The number of nitrogens with zero attached hydrogens (tertiary/aromatic N) is 7. The highest BCUT2D eigenvalue weighted by Gasteiger charge is 2.36. The zero-order chi connectivity index (χ0) is 32.7. The van der Waals surface area contributed by atoms with Crippen LogP contribution in [0.5, 0.6) is 0 Å². The summed E-state index contributed by atoms with van der Waals surface area (Å²) in [6.07, 6.45) is 7.53. The molecule has 2 fully saturated rings. The van der Waals surface area contributed by atoms with Gasteiger partial charge in [0.25, 0.3) is 5.56 Å². The van der Waals surface area contributed by atoms with Gasteiger partial charge >= 0.3 is 6.09 Å². The van der Waals surface area contributed by atoms with Crippen molar-refractivity contribution < 1.29 is 9.53 Å². The van der Waals surface area contributed by atoms with Crippen LogP contribution >= 0.6 is 15.9 Å². The quantitative estimate of drug-likeness (QED) is 0.211. The molecule has 4 heterocycles. The second-order valence-corrected chi connectivity index (χ2v) is 14.3. The van der Waals surface area contributed by atoms with Crippen LogP contribution in [0, 0.1) is 6.92 Å². The number of aromatic nitrogens is 4. The first-order valence-corrected chi connectivity index (χ1v) is 16.9. The van der Waals surface area contributed by atoms with Gasteiger partial charge in [-0.25, -0.2) is 14.8 Å². The van der Waals surface area contributed by atoms with Crippen molar-refractivity contribution in [3.05, 3.63) is 75.2 Å². The molecule has 0 spiro atoms. The number of fused-ring (bicyclic) bond motifs is 1. The Kier molecular flexibility index (Phi) is 8.80. The third-order valence-corrected chi connectivity index (χ3v) is 9.84. The van der Waals surface area contributed by atoms with Crippen molar-refractivity contribution in [3.8, 4) is 0 Å². The Morgan fingerprint density at radius 2 is 1.70 bits per heavy atom. The van der Waals surface area contributed by atoms with E-state index in [0.29, 0.717) is 30.5 Å². The van der Waals surface area contributed by atoms with Crippen molar-refractivity contribution in [1.29, 1.82) is 0 Å². The lowest BCUT2D eigenvalue weighted by atomic mass is 10.1. The number of hydrogen-bond acceptors (Lipinski definition) is 8. The van der Waals surface area contributed by atoms with E-state index in [9.17, 15) is 9.59 Å². The van der Waals surface area contributed by atoms with Crippen molar-refractivity contribution in [2.75, 3.05) is 22.9 Å². The van der Waals surface area contributed by atoms with E-state index in [4.69, 9.17) is 19.7 Å². The number of carbonyl (C=O) groups excluding carboxylic acids is 1. The van der Waals surface area contributed by atoms with Gasteiger partial charge in [-0.05, 0) is 100 Å². The van der Waals surface area contributed by atoms with Gasteiger partial charge in [-0.15, -0.1) is 0 Å². The highest BCUT2D eigenvalue weighted by atomic mass is 79.9. The first-order chi connectivity index (χ1) is 21.9. The molecule has 2 unspecified atom stereocenters. The highest BCUT2D eigenvalue weighted by Crippen LogP contribution is 2.39. The summed E-state index contributed by atoms with van der Waals surface area (Å²) in [5, 5.41) is 0.829. The first-order valence-electron chi connectivity index (χ1n) is 16.1. The monoisotopic (exact) mass is 687 g/mol. The number of pyridine rings is 2. The van der Waals surface area contributed by atoms with Crippen LogP contribution in [0.4, 0.5) is 27.9 Å². The maximum atomic E-state index is 13.1. The molecule has 6 rings (SSSR count). The Morgan fingerprint density at radius 1 is 0.978 bits per heavy atom. The molecule has 1 amide bonds. The van der Waals surface area contributed by atoms with Crippen LogP contribution in [0.1, 0.15) is 71.9 Å². The Bertz CT molecular complexity index is 1790. The molecule has 2 aliphatic rings. The molecule has 0 radical (unpaired) electrons. The molecular weight excluding hydrogens is 646 g/mol. The van der Waals surface area contributed by atoms with Crippen LogP contribution in [-0.2, 0) is 4.74 Å². The van der Waals surface area contributed by atoms with Crippen molar-refractivity contribution in [2.24, 2.45) is 0 Å². The topological polar surface area (TPSA) is 96.7 Å². The van der Waals surface area contributed by atoms with Gasteiger partial charge < -0.3 is 9.64 Å². The van der Waals surface area contributed by atoms with E-state index in [2.05, 4.69) is 26.9 Å². The number of ether oxygens (including phenoxy) is 1. The summed E-state index contributed by atoms with van der Waals surface area (Å²) < 4.78 is 8.45. The number of rotatable bonds is 5. The summed E-state index contributed by atoms with van der Waals surface area (Å²) in [5.74, 6) is 1.08. The molecule has 1 aliphatic carbocycles. The van der Waals surface area contributed by atoms with Crippen molar-refractivity contribution in [2.45, 2.75) is 91.0 Å². The number of carbonyl (C=O) groups is 1. The summed E-state index contributed by atoms with van der Waals surface area (Å²) in [6.45, 7) is 13.1. The molecule has 4 aromatic rings. The predicted molar refractivity (Wildman–Crippen MR) is 185 cm³/mol. The third kappa shape index (κ3) is 6.34. The number of piperazine rings is 1. The number of hydrogen-bond donors (Lipinski definition) is 0. The van der Waals surface area contributed by atoms with Gasteiger partial charge in [-0.1, -0.05) is 25.0 Å². The van der Waals surface area contributed by atoms with Gasteiger partial charge in [0.1, 0.15) is 17.1 Å². The van der Waals surface area contributed by atoms with Crippen LogP contribution in [0.15, 0.2) is 64.1 Å². The van der Waals surface area contributed by atoms with Gasteiger partial charge in [0.15, 0.2) is 0 Å². The largest absolute Gasteiger partial charge is 0.444 e. The van der Waals surface area contributed by atoms with Crippen LogP contribution in [0.2, 0.25) is 0 Å². The number of anilines is 4. The van der Waals surface area contributed by atoms with Gasteiger partial charge in [0, 0.05) is 41.3 Å². The van der Waals surface area contributed by atoms with Crippen LogP contribution in [-0.4, -0.2) is 61.3 Å². The van der Waals surface area contributed by atoms with E-state index in [1.54, 1.807) is 18.3 Å². The smallest absolute Gasteiger partial charge is 0.410 e. The lowest BCUT2D eigenvalue weighted by Crippen LogP contribution is -2.59. The minimum atomic E-state index is -0.547. The minimum absolute atomic E-state index is 0.0370. The Labute approximate surface area is 278 Å². The zero-order valence-electron chi connectivity index (χ0n) is 27.4. The maximum absolute atomic E-state index is 13.1. The number of amides is 1. The fourth-order valence-electron chi connectivity index (χ4n) is 6.70. The normalized spacial score (nSPS) is 19.1. The van der Waals surface area contributed by atoms with Gasteiger partial charge in [-0.2, -0.15) is 4.98 Å². The van der Waals surface area contributed by atoms with Crippen molar-refractivity contribution in [3.63, 3.8) is 0 Å². The van der Waals surface area contributed by atoms with E-state index in [-0.39, 0.29) is 29.8 Å². The fraction of sp³-hybridized carbons (Fsp3) is 0.457. The average Bonchev–Trinajstić information content (AvgIpc) is 3.53. The lowest BCUT2D eigenvalue weighted by molar-refractivity contribution is 0.00566. The molecule has 1 aliphatic heterocycles. The van der Waals surface area contributed by atoms with Gasteiger partial charge in [0.2, 0.25) is 5.95 Å². The molecule has 1 saturated heterocycles. The van der Waals surface area contributed by atoms with Crippen LogP contribution in [0.3, 0.4) is 0 Å². The van der Waals surface area contributed by atoms with E-state index in [0.717, 1.165) is 52.5 Å². The zero-order valence-corrected chi connectivity index (χ0v) is 29.0. The van der Waals surface area contributed by atoms with Crippen molar-refractivity contribution in [1.82, 2.24) is 24.4 Å². The Morgan fingerprint density at radius 3 is 2.35 bits per heavy atom. The van der Waals surface area contributed by atoms with Crippen LogP contribution in [0.25, 0.3) is 11.0 Å². The standard InChI is InChI=1S/C35H42BrN7O3/c1-22-10-9-13-28(31(22)36)43(33-38-18-25-14-17-30(44)42(32(25)39-33)26-11-7-8-12-26)29-16-15-27(19-37-29)40-20-23(2)41(24(3)21-40)34(45)46-35(4,5)6/h9-10,13-19,23-24,26H,7-8,11-12,20-21H2,1-6H3. The van der Waals surface area contributed by atoms with E-state index in [1.807, 2.05) is 86.4 Å². The van der Waals surface area contributed by atoms with Gasteiger partial charge in [-0.3, -0.25) is 19.2 Å². The number of aryl methyl sites for hydroxylation is 1. The SMILES string of the molecule is Cc1cccc(N(c2ccc(N3CC(C)N(C(=O)OC(C)(C)C)C(C)C3)cn2)c2ncc3ccc(=O)n(C4CCCC4)c3n2)c1Br. The molecule has 46 heavy (non-hydrogen) atoms. The molecule has 242 valence electrons. The second kappa shape index (κ2) is 12.7. The molecule has 3 aromatic heterocycles. The second-order valence-electron chi connectivity index (χ2n) is 13.5. The number of halogens is 1. The Hall–Kier alpha value is -3.99. The fourth-order valence-corrected chi connectivity index (χ4v) is 7.14. The molecule has 1 saturated carbocycles. The maximum Gasteiger partial charge on any atom is 0.410 e.